The van der Waals surface area contributed by atoms with Crippen molar-refractivity contribution in [2.75, 3.05) is 4.90 Å². The topological polar surface area (TPSA) is 29.3 Å². The lowest BCUT2D eigenvalue weighted by molar-refractivity contribution is 0.746. The third-order valence-electron chi connectivity index (χ3n) is 4.34. The van der Waals surface area contributed by atoms with E-state index in [0.717, 1.165) is 18.5 Å². The van der Waals surface area contributed by atoms with Crippen LogP contribution in [0.1, 0.15) is 12.8 Å². The first-order valence-corrected chi connectivity index (χ1v) is 7.43. The van der Waals surface area contributed by atoms with Gasteiger partial charge in [-0.2, -0.15) is 0 Å². The third kappa shape index (κ3) is 1.95. The number of nitrogens with two attached hydrogens (primary N) is 1. The van der Waals surface area contributed by atoms with Gasteiger partial charge in [0, 0.05) is 23.5 Å². The lowest BCUT2D eigenvalue weighted by Crippen LogP contribution is -2.32. The van der Waals surface area contributed by atoms with Crippen LogP contribution in [-0.4, -0.2) is 6.04 Å². The van der Waals surface area contributed by atoms with Crippen molar-refractivity contribution in [2.45, 2.75) is 18.9 Å². The minimum Gasteiger partial charge on any atom is -0.399 e. The fourth-order valence-corrected chi connectivity index (χ4v) is 3.43. The Kier molecular flexibility index (Phi) is 2.81. The second-order valence-corrected chi connectivity index (χ2v) is 5.61. The van der Waals surface area contributed by atoms with Crippen molar-refractivity contribution < 1.29 is 0 Å². The molecule has 2 nitrogen and oxygen atoms in total. The number of rotatable bonds is 1. The van der Waals surface area contributed by atoms with Crippen LogP contribution in [-0.2, 0) is 0 Å². The maximum atomic E-state index is 6.04. The summed E-state index contributed by atoms with van der Waals surface area (Å²) in [6.45, 7) is 0. The molecule has 1 aromatic carbocycles. The van der Waals surface area contributed by atoms with Gasteiger partial charge in [0.15, 0.2) is 0 Å². The zero-order valence-corrected chi connectivity index (χ0v) is 11.9. The quantitative estimate of drug-likeness (QED) is 0.843. The van der Waals surface area contributed by atoms with Crippen molar-refractivity contribution in [3.8, 4) is 0 Å². The lowest BCUT2D eigenvalue weighted by Gasteiger charge is -2.31. The molecule has 0 saturated carbocycles. The van der Waals surface area contributed by atoms with E-state index in [1.165, 1.54) is 22.5 Å². The molecule has 0 amide bonds. The molecule has 2 heteroatoms. The predicted molar refractivity (Wildman–Crippen MR) is 87.6 cm³/mol. The van der Waals surface area contributed by atoms with Crippen molar-refractivity contribution in [1.82, 2.24) is 0 Å². The minimum absolute atomic E-state index is 0.376. The molecule has 0 bridgehead atoms. The predicted octanol–water partition coefficient (Wildman–Crippen LogP) is 3.82. The van der Waals surface area contributed by atoms with Crippen molar-refractivity contribution in [2.24, 2.45) is 5.73 Å². The van der Waals surface area contributed by atoms with Crippen LogP contribution in [0.15, 0.2) is 89.3 Å². The van der Waals surface area contributed by atoms with Gasteiger partial charge in [0.1, 0.15) is 0 Å². The molecule has 104 valence electrons. The van der Waals surface area contributed by atoms with Crippen LogP contribution < -0.4 is 10.6 Å². The number of fused-ring (bicyclic) bond motifs is 2. The Balaban J connectivity index is 1.88. The van der Waals surface area contributed by atoms with Crippen LogP contribution in [0.2, 0.25) is 0 Å². The molecule has 3 aliphatic rings. The van der Waals surface area contributed by atoms with E-state index in [2.05, 4.69) is 71.7 Å². The number of hydrogen-bond acceptors (Lipinski definition) is 2. The Morgan fingerprint density at radius 2 is 1.95 bits per heavy atom. The maximum absolute atomic E-state index is 6.04. The van der Waals surface area contributed by atoms with Gasteiger partial charge in [-0.1, -0.05) is 48.6 Å². The molecule has 1 unspecified atom stereocenters. The summed E-state index contributed by atoms with van der Waals surface area (Å²) in [5.41, 5.74) is 12.3. The number of anilines is 1. The first-order chi connectivity index (χ1) is 10.3. The Morgan fingerprint density at radius 3 is 2.81 bits per heavy atom. The van der Waals surface area contributed by atoms with E-state index < -0.39 is 0 Å². The molecule has 2 aliphatic carbocycles. The fourth-order valence-electron chi connectivity index (χ4n) is 3.43. The largest absolute Gasteiger partial charge is 0.399 e. The average Bonchev–Trinajstić information content (AvgIpc) is 2.66. The molecule has 0 fully saturated rings. The molecule has 1 heterocycles. The fraction of sp³-hybridized carbons (Fsp3) is 0.158. The van der Waals surface area contributed by atoms with Gasteiger partial charge >= 0.3 is 0 Å². The Bertz CT molecular complexity index is 717. The summed E-state index contributed by atoms with van der Waals surface area (Å²) < 4.78 is 0. The van der Waals surface area contributed by atoms with Crippen LogP contribution in [0, 0.1) is 0 Å². The van der Waals surface area contributed by atoms with Crippen LogP contribution in [0.3, 0.4) is 0 Å². The summed E-state index contributed by atoms with van der Waals surface area (Å²) in [6, 6.07) is 11.0. The Morgan fingerprint density at radius 1 is 1.10 bits per heavy atom. The molecule has 4 rings (SSSR count). The van der Waals surface area contributed by atoms with Gasteiger partial charge in [-0.05, 0) is 35.8 Å². The van der Waals surface area contributed by atoms with Gasteiger partial charge in [0.2, 0.25) is 0 Å². The highest BCUT2D eigenvalue weighted by atomic mass is 15.2. The monoisotopic (exact) mass is 274 g/mol. The number of allylic oxidation sites excluding steroid dienone is 5. The lowest BCUT2D eigenvalue weighted by atomic mass is 9.93. The zero-order valence-electron chi connectivity index (χ0n) is 11.9. The minimum atomic E-state index is 0.376. The van der Waals surface area contributed by atoms with Crippen LogP contribution in [0.25, 0.3) is 0 Å². The Hall–Kier alpha value is -2.48. The van der Waals surface area contributed by atoms with E-state index in [0.29, 0.717) is 6.04 Å². The molecule has 1 aromatic rings. The van der Waals surface area contributed by atoms with Crippen molar-refractivity contribution in [3.63, 3.8) is 0 Å². The number of benzene rings is 1. The number of nitrogens with zero attached hydrogens (tertiary/aromatic N) is 1. The highest BCUT2D eigenvalue weighted by Crippen LogP contribution is 2.43. The van der Waals surface area contributed by atoms with E-state index >= 15 is 0 Å². The van der Waals surface area contributed by atoms with Gasteiger partial charge in [-0.3, -0.25) is 0 Å². The second kappa shape index (κ2) is 4.81. The number of para-hydroxylation sites is 1. The molecule has 0 spiro atoms. The third-order valence-corrected chi connectivity index (χ3v) is 4.34. The molecule has 2 N–H and O–H groups in total. The summed E-state index contributed by atoms with van der Waals surface area (Å²) in [4.78, 5) is 2.48. The van der Waals surface area contributed by atoms with E-state index in [4.69, 9.17) is 5.73 Å². The van der Waals surface area contributed by atoms with Crippen LogP contribution in [0.4, 0.5) is 5.69 Å². The van der Waals surface area contributed by atoms with Gasteiger partial charge < -0.3 is 10.6 Å². The van der Waals surface area contributed by atoms with E-state index in [1.807, 2.05) is 0 Å². The first kappa shape index (κ1) is 12.3. The average molecular weight is 274 g/mol. The normalized spacial score (nSPS) is 23.4. The molecular formula is C19H18N2. The molecule has 1 aliphatic heterocycles. The first-order valence-electron chi connectivity index (χ1n) is 7.43. The molecule has 0 aromatic heterocycles. The molecule has 1 atom stereocenters. The van der Waals surface area contributed by atoms with E-state index in [9.17, 15) is 0 Å². The summed E-state index contributed by atoms with van der Waals surface area (Å²) >= 11 is 0. The summed E-state index contributed by atoms with van der Waals surface area (Å²) in [6.07, 6.45) is 14.9. The SMILES string of the molecule is NC1=CCC2C(=C1)C1=C(CC=CC=C1)N2c1ccccc1. The highest BCUT2D eigenvalue weighted by molar-refractivity contribution is 5.69. The van der Waals surface area contributed by atoms with Crippen molar-refractivity contribution in [3.05, 3.63) is 89.3 Å². The second-order valence-electron chi connectivity index (χ2n) is 5.61. The van der Waals surface area contributed by atoms with Gasteiger partial charge in [0.05, 0.1) is 6.04 Å². The van der Waals surface area contributed by atoms with Gasteiger partial charge in [-0.15, -0.1) is 0 Å². The standard InChI is InChI=1S/C19H18N2/c20-14-11-12-19-17(13-14)16-9-5-2-6-10-18(16)21(19)15-7-3-1-4-8-15/h1-9,11,13,19H,10,12,20H2. The van der Waals surface area contributed by atoms with Crippen LogP contribution in [0.5, 0.6) is 0 Å². The van der Waals surface area contributed by atoms with Gasteiger partial charge in [-0.25, -0.2) is 0 Å². The molecule has 21 heavy (non-hydrogen) atoms. The summed E-state index contributed by atoms with van der Waals surface area (Å²) in [5, 5.41) is 0. The van der Waals surface area contributed by atoms with Crippen LogP contribution >= 0.6 is 0 Å². The smallest absolute Gasteiger partial charge is 0.0631 e. The molecule has 0 radical (unpaired) electrons. The Labute approximate surface area is 125 Å². The summed E-state index contributed by atoms with van der Waals surface area (Å²) in [7, 11) is 0. The molecule has 0 saturated heterocycles. The van der Waals surface area contributed by atoms with Gasteiger partial charge in [0.25, 0.3) is 0 Å². The number of hydrogen-bond donors (Lipinski definition) is 1. The van der Waals surface area contributed by atoms with E-state index in [-0.39, 0.29) is 0 Å². The summed E-state index contributed by atoms with van der Waals surface area (Å²) in [5.74, 6) is 0. The maximum Gasteiger partial charge on any atom is 0.0631 e. The van der Waals surface area contributed by atoms with Crippen molar-refractivity contribution in [1.29, 1.82) is 0 Å². The molecular weight excluding hydrogens is 256 g/mol. The van der Waals surface area contributed by atoms with E-state index in [1.54, 1.807) is 0 Å². The highest BCUT2D eigenvalue weighted by Gasteiger charge is 2.36. The zero-order chi connectivity index (χ0) is 14.2. The van der Waals surface area contributed by atoms with Crippen molar-refractivity contribution >= 4 is 5.69 Å².